The largest absolute Gasteiger partial charge is 0.491 e. The van der Waals surface area contributed by atoms with E-state index in [1.165, 1.54) is 0 Å². The zero-order valence-corrected chi connectivity index (χ0v) is 18.4. The summed E-state index contributed by atoms with van der Waals surface area (Å²) in [6.45, 7) is 7.24. The zero-order chi connectivity index (χ0) is 22.3. The molecule has 0 aromatic heterocycles. The van der Waals surface area contributed by atoms with E-state index in [9.17, 15) is 9.59 Å². The van der Waals surface area contributed by atoms with Crippen molar-refractivity contribution >= 4 is 23.2 Å². The number of rotatable bonds is 8. The Bertz CT molecular complexity index is 884. The number of ether oxygens (including phenoxy) is 2. The van der Waals surface area contributed by atoms with E-state index < -0.39 is 0 Å². The van der Waals surface area contributed by atoms with Gasteiger partial charge in [0.15, 0.2) is 0 Å². The predicted molar refractivity (Wildman–Crippen MR) is 122 cm³/mol. The lowest BCUT2D eigenvalue weighted by molar-refractivity contribution is -0.114. The van der Waals surface area contributed by atoms with E-state index in [4.69, 9.17) is 9.47 Å². The molecule has 31 heavy (non-hydrogen) atoms. The minimum atomic E-state index is -0.328. The van der Waals surface area contributed by atoms with Crippen LogP contribution in [0.25, 0.3) is 0 Å². The van der Waals surface area contributed by atoms with Crippen molar-refractivity contribution in [2.75, 3.05) is 30.4 Å². The van der Waals surface area contributed by atoms with Gasteiger partial charge in [0.2, 0.25) is 5.91 Å². The zero-order valence-electron chi connectivity index (χ0n) is 18.4. The molecule has 3 rings (SSSR count). The number of nitrogens with one attached hydrogen (secondary N) is 3. The quantitative estimate of drug-likeness (QED) is 0.598. The molecule has 1 heterocycles. The normalized spacial score (nSPS) is 15.9. The van der Waals surface area contributed by atoms with Crippen LogP contribution in [-0.4, -0.2) is 43.2 Å². The summed E-state index contributed by atoms with van der Waals surface area (Å²) < 4.78 is 11.3. The molecule has 166 valence electrons. The first-order chi connectivity index (χ1) is 14.8. The maximum Gasteiger partial charge on any atom is 0.251 e. The summed E-state index contributed by atoms with van der Waals surface area (Å²) in [5.74, 6) is 0.395. The lowest BCUT2D eigenvalue weighted by atomic mass is 10.1. The van der Waals surface area contributed by atoms with Crippen molar-refractivity contribution in [2.45, 2.75) is 45.3 Å². The molecule has 2 amide bonds. The first-order valence-electron chi connectivity index (χ1n) is 10.6. The van der Waals surface area contributed by atoms with Gasteiger partial charge in [-0.2, -0.15) is 0 Å². The number of anilines is 2. The monoisotopic (exact) mass is 425 g/mol. The van der Waals surface area contributed by atoms with Crippen LogP contribution in [0.5, 0.6) is 5.75 Å². The molecule has 0 spiro atoms. The summed E-state index contributed by atoms with van der Waals surface area (Å²) >= 11 is 0. The van der Waals surface area contributed by atoms with E-state index in [2.05, 4.69) is 16.0 Å². The molecular formula is C24H31N3O4. The van der Waals surface area contributed by atoms with Crippen molar-refractivity contribution in [3.8, 4) is 5.75 Å². The van der Waals surface area contributed by atoms with E-state index >= 15 is 0 Å². The molecule has 1 unspecified atom stereocenters. The Morgan fingerprint density at radius 1 is 1.10 bits per heavy atom. The maximum atomic E-state index is 12.3. The van der Waals surface area contributed by atoms with Gasteiger partial charge in [-0.15, -0.1) is 0 Å². The molecule has 1 aliphatic heterocycles. The van der Waals surface area contributed by atoms with Gasteiger partial charge in [-0.25, -0.2) is 0 Å². The fourth-order valence-corrected chi connectivity index (χ4v) is 3.17. The average molecular weight is 426 g/mol. The molecule has 7 heteroatoms. The molecule has 2 aromatic rings. The van der Waals surface area contributed by atoms with Gasteiger partial charge < -0.3 is 25.4 Å². The van der Waals surface area contributed by atoms with Crippen molar-refractivity contribution < 1.29 is 19.1 Å². The van der Waals surface area contributed by atoms with Crippen LogP contribution in [0.3, 0.4) is 0 Å². The smallest absolute Gasteiger partial charge is 0.251 e. The molecule has 2 aromatic carbocycles. The molecule has 1 fully saturated rings. The summed E-state index contributed by atoms with van der Waals surface area (Å²) in [4.78, 5) is 24.6. The highest BCUT2D eigenvalue weighted by molar-refractivity contribution is 5.98. The van der Waals surface area contributed by atoms with Crippen LogP contribution in [-0.2, 0) is 9.53 Å². The van der Waals surface area contributed by atoms with Gasteiger partial charge >= 0.3 is 0 Å². The van der Waals surface area contributed by atoms with Gasteiger partial charge in [0.1, 0.15) is 12.4 Å². The van der Waals surface area contributed by atoms with E-state index in [-0.39, 0.29) is 30.0 Å². The van der Waals surface area contributed by atoms with Gasteiger partial charge in [0, 0.05) is 29.1 Å². The van der Waals surface area contributed by atoms with Gasteiger partial charge in [0.05, 0.1) is 12.6 Å². The van der Waals surface area contributed by atoms with Crippen LogP contribution in [0.2, 0.25) is 0 Å². The van der Waals surface area contributed by atoms with Gasteiger partial charge in [0.25, 0.3) is 5.91 Å². The molecular weight excluding hydrogens is 394 g/mol. The second-order valence-electron chi connectivity index (χ2n) is 8.66. The Hall–Kier alpha value is -3.06. The second kappa shape index (κ2) is 10.3. The minimum absolute atomic E-state index is 0.106. The van der Waals surface area contributed by atoms with E-state index in [0.717, 1.165) is 30.9 Å². The number of benzene rings is 2. The van der Waals surface area contributed by atoms with Crippen molar-refractivity contribution in [2.24, 2.45) is 0 Å². The molecule has 0 aliphatic carbocycles. The van der Waals surface area contributed by atoms with Gasteiger partial charge in [-0.1, -0.05) is 6.07 Å². The van der Waals surface area contributed by atoms with E-state index in [1.54, 1.807) is 24.3 Å². The van der Waals surface area contributed by atoms with Crippen molar-refractivity contribution in [1.82, 2.24) is 5.32 Å². The van der Waals surface area contributed by atoms with Crippen LogP contribution in [0.15, 0.2) is 48.5 Å². The van der Waals surface area contributed by atoms with Crippen LogP contribution in [0.4, 0.5) is 11.4 Å². The number of hydrogen-bond donors (Lipinski definition) is 3. The Labute approximate surface area is 183 Å². The molecule has 0 bridgehead atoms. The number of hydrogen-bond acceptors (Lipinski definition) is 5. The summed E-state index contributed by atoms with van der Waals surface area (Å²) in [5, 5.41) is 8.81. The highest BCUT2D eigenvalue weighted by Crippen LogP contribution is 2.18. The third-order valence-electron chi connectivity index (χ3n) is 4.66. The molecule has 1 aliphatic rings. The Morgan fingerprint density at radius 2 is 1.87 bits per heavy atom. The lowest BCUT2D eigenvalue weighted by Crippen LogP contribution is -2.40. The standard InChI is InChI=1S/C24H31N3O4/c1-24(2,3)27-23(29)17-6-4-7-19(14-17)26-22(28)15-25-18-9-11-20(12-10-18)31-16-21-8-5-13-30-21/h4,6-7,9-12,14,21,25H,5,8,13,15-16H2,1-3H3,(H,26,28)(H,27,29). The van der Waals surface area contributed by atoms with E-state index in [0.29, 0.717) is 17.9 Å². The molecule has 7 nitrogen and oxygen atoms in total. The summed E-state index contributed by atoms with van der Waals surface area (Å²) in [7, 11) is 0. The number of carbonyl (C=O) groups is 2. The minimum Gasteiger partial charge on any atom is -0.491 e. The molecule has 1 saturated heterocycles. The fraction of sp³-hybridized carbons (Fsp3) is 0.417. The highest BCUT2D eigenvalue weighted by atomic mass is 16.5. The third-order valence-corrected chi connectivity index (χ3v) is 4.66. The lowest BCUT2D eigenvalue weighted by Gasteiger charge is -2.20. The Morgan fingerprint density at radius 3 is 2.55 bits per heavy atom. The maximum absolute atomic E-state index is 12.3. The molecule has 1 atom stereocenters. The van der Waals surface area contributed by atoms with Crippen molar-refractivity contribution in [1.29, 1.82) is 0 Å². The Balaban J connectivity index is 1.45. The number of amides is 2. The van der Waals surface area contributed by atoms with Crippen molar-refractivity contribution in [3.63, 3.8) is 0 Å². The fourth-order valence-electron chi connectivity index (χ4n) is 3.17. The first-order valence-corrected chi connectivity index (χ1v) is 10.6. The first kappa shape index (κ1) is 22.6. The van der Waals surface area contributed by atoms with Gasteiger partial charge in [-0.3, -0.25) is 9.59 Å². The average Bonchev–Trinajstić information content (AvgIpc) is 3.24. The Kier molecular flexibility index (Phi) is 7.52. The predicted octanol–water partition coefficient (Wildman–Crippen LogP) is 3.82. The molecule has 3 N–H and O–H groups in total. The van der Waals surface area contributed by atoms with Gasteiger partial charge in [-0.05, 0) is 76.1 Å². The summed E-state index contributed by atoms with van der Waals surface area (Å²) in [5.41, 5.74) is 1.56. The van der Waals surface area contributed by atoms with E-state index in [1.807, 2.05) is 45.0 Å². The van der Waals surface area contributed by atoms with Crippen LogP contribution in [0, 0.1) is 0 Å². The SMILES string of the molecule is CC(C)(C)NC(=O)c1cccc(NC(=O)CNc2ccc(OCC3CCCO3)cc2)c1. The van der Waals surface area contributed by atoms with Crippen LogP contribution in [0.1, 0.15) is 44.0 Å². The van der Waals surface area contributed by atoms with Crippen LogP contribution >= 0.6 is 0 Å². The molecule has 0 saturated carbocycles. The number of carbonyl (C=O) groups excluding carboxylic acids is 2. The summed E-state index contributed by atoms with van der Waals surface area (Å²) in [6.07, 6.45) is 2.31. The second-order valence-corrected chi connectivity index (χ2v) is 8.66. The molecule has 0 radical (unpaired) electrons. The van der Waals surface area contributed by atoms with Crippen LogP contribution < -0.4 is 20.7 Å². The topological polar surface area (TPSA) is 88.7 Å². The van der Waals surface area contributed by atoms with Crippen molar-refractivity contribution in [3.05, 3.63) is 54.1 Å². The highest BCUT2D eigenvalue weighted by Gasteiger charge is 2.16. The summed E-state index contributed by atoms with van der Waals surface area (Å²) in [6, 6.07) is 14.4. The third kappa shape index (κ3) is 7.61.